The first-order chi connectivity index (χ1) is 8.83. The fourth-order valence-corrected chi connectivity index (χ4v) is 3.76. The molecule has 0 radical (unpaired) electrons. The third-order valence-electron chi connectivity index (χ3n) is 4.45. The first-order valence-electron chi connectivity index (χ1n) is 7.17. The van der Waals surface area contributed by atoms with Crippen LogP contribution in [0.1, 0.15) is 40.0 Å². The Kier molecular flexibility index (Phi) is 2.84. The first kappa shape index (κ1) is 13.2. The van der Waals surface area contributed by atoms with Crippen molar-refractivity contribution in [2.75, 3.05) is 26.3 Å². The summed E-state index contributed by atoms with van der Waals surface area (Å²) in [6.45, 7) is 9.42. The molecule has 4 fully saturated rings. The average molecular weight is 268 g/mol. The highest BCUT2D eigenvalue weighted by Crippen LogP contribution is 2.63. The number of nitrogens with zero attached hydrogens (tertiary/aromatic N) is 1. The quantitative estimate of drug-likeness (QED) is 0.825. The highest BCUT2D eigenvalue weighted by Gasteiger charge is 2.71. The van der Waals surface area contributed by atoms with Crippen molar-refractivity contribution in [2.24, 2.45) is 0 Å². The molecule has 0 aromatic carbocycles. The summed E-state index contributed by atoms with van der Waals surface area (Å²) in [4.78, 5) is 14.3. The Morgan fingerprint density at radius 1 is 1.21 bits per heavy atom. The number of alkyl carbamates (subject to hydrolysis) is 1. The molecule has 3 aliphatic carbocycles. The van der Waals surface area contributed by atoms with Crippen LogP contribution in [0, 0.1) is 0 Å². The van der Waals surface area contributed by atoms with E-state index in [1.807, 2.05) is 20.8 Å². The van der Waals surface area contributed by atoms with Crippen molar-refractivity contribution in [1.29, 1.82) is 0 Å². The van der Waals surface area contributed by atoms with E-state index < -0.39 is 5.60 Å². The molecule has 108 valence electrons. The molecule has 0 unspecified atom stereocenters. The summed E-state index contributed by atoms with van der Waals surface area (Å²) in [7, 11) is 0. The number of carbonyl (C=O) groups is 1. The molecule has 5 nitrogen and oxygen atoms in total. The van der Waals surface area contributed by atoms with E-state index in [-0.39, 0.29) is 11.6 Å². The van der Waals surface area contributed by atoms with Crippen LogP contribution in [0.5, 0.6) is 0 Å². The summed E-state index contributed by atoms with van der Waals surface area (Å²) in [6.07, 6.45) is 2.93. The van der Waals surface area contributed by atoms with Gasteiger partial charge in [0.2, 0.25) is 0 Å². The van der Waals surface area contributed by atoms with E-state index in [2.05, 4.69) is 10.2 Å². The summed E-state index contributed by atoms with van der Waals surface area (Å²) in [5.41, 5.74) is -0.0606. The summed E-state index contributed by atoms with van der Waals surface area (Å²) in [5, 5.41) is 3.06. The van der Waals surface area contributed by atoms with Crippen LogP contribution in [0.25, 0.3) is 0 Å². The molecule has 0 aromatic rings. The first-order valence-corrected chi connectivity index (χ1v) is 7.17. The zero-order chi connectivity index (χ0) is 13.7. The smallest absolute Gasteiger partial charge is 0.408 e. The summed E-state index contributed by atoms with van der Waals surface area (Å²) >= 11 is 0. The van der Waals surface area contributed by atoms with E-state index in [1.54, 1.807) is 0 Å². The van der Waals surface area contributed by atoms with Gasteiger partial charge in [0.05, 0.1) is 13.2 Å². The monoisotopic (exact) mass is 268 g/mol. The molecular formula is C14H24N2O3. The second-order valence-corrected chi connectivity index (χ2v) is 7.26. The van der Waals surface area contributed by atoms with Gasteiger partial charge < -0.3 is 14.8 Å². The van der Waals surface area contributed by atoms with Crippen LogP contribution < -0.4 is 5.32 Å². The van der Waals surface area contributed by atoms with E-state index in [4.69, 9.17) is 9.47 Å². The number of carbonyl (C=O) groups excluding carboxylic acids is 1. The van der Waals surface area contributed by atoms with Gasteiger partial charge in [0.25, 0.3) is 0 Å². The van der Waals surface area contributed by atoms with E-state index in [0.29, 0.717) is 5.54 Å². The Morgan fingerprint density at radius 2 is 1.79 bits per heavy atom. The number of nitrogens with one attached hydrogen (secondary N) is 1. The minimum absolute atomic E-state index is 0.0145. The van der Waals surface area contributed by atoms with Crippen molar-refractivity contribution >= 4 is 6.09 Å². The molecule has 1 aliphatic heterocycles. The number of hydrogen-bond acceptors (Lipinski definition) is 4. The molecule has 1 N–H and O–H groups in total. The van der Waals surface area contributed by atoms with E-state index in [9.17, 15) is 4.79 Å². The lowest BCUT2D eigenvalue weighted by molar-refractivity contribution is -0.194. The summed E-state index contributed by atoms with van der Waals surface area (Å²) in [5.74, 6) is 0. The topological polar surface area (TPSA) is 50.8 Å². The molecule has 4 rings (SSSR count). The molecular weight excluding hydrogens is 244 g/mol. The predicted molar refractivity (Wildman–Crippen MR) is 71.1 cm³/mol. The van der Waals surface area contributed by atoms with Crippen LogP contribution in [0.3, 0.4) is 0 Å². The SMILES string of the molecule is CC(C)(C)OC(=O)NC12CC(N3CCOCC3)(C1)C2. The lowest BCUT2D eigenvalue weighted by Crippen LogP contribution is -2.84. The minimum Gasteiger partial charge on any atom is -0.444 e. The Bertz CT molecular complexity index is 363. The largest absolute Gasteiger partial charge is 0.444 e. The van der Waals surface area contributed by atoms with Crippen molar-refractivity contribution in [2.45, 2.75) is 56.7 Å². The van der Waals surface area contributed by atoms with Crippen LogP contribution >= 0.6 is 0 Å². The number of hydrogen-bond donors (Lipinski definition) is 1. The Labute approximate surface area is 114 Å². The average Bonchev–Trinajstić information content (AvgIpc) is 2.20. The van der Waals surface area contributed by atoms with Crippen LogP contribution in [-0.4, -0.2) is 54.0 Å². The zero-order valence-electron chi connectivity index (χ0n) is 12.1. The van der Waals surface area contributed by atoms with Gasteiger partial charge in [0, 0.05) is 24.2 Å². The van der Waals surface area contributed by atoms with Gasteiger partial charge in [-0.3, -0.25) is 4.90 Å². The second-order valence-electron chi connectivity index (χ2n) is 7.26. The Balaban J connectivity index is 1.48. The molecule has 5 heteroatoms. The fourth-order valence-electron chi connectivity index (χ4n) is 3.76. The molecule has 4 aliphatic rings. The molecule has 0 aromatic heterocycles. The van der Waals surface area contributed by atoms with Crippen LogP contribution in [-0.2, 0) is 9.47 Å². The van der Waals surface area contributed by atoms with Gasteiger partial charge in [0.15, 0.2) is 0 Å². The van der Waals surface area contributed by atoms with E-state index in [1.165, 1.54) is 0 Å². The number of amides is 1. The highest BCUT2D eigenvalue weighted by atomic mass is 16.6. The van der Waals surface area contributed by atoms with Gasteiger partial charge in [-0.15, -0.1) is 0 Å². The van der Waals surface area contributed by atoms with Crippen LogP contribution in [0.2, 0.25) is 0 Å². The molecule has 1 amide bonds. The van der Waals surface area contributed by atoms with Crippen molar-refractivity contribution in [3.63, 3.8) is 0 Å². The van der Waals surface area contributed by atoms with Crippen molar-refractivity contribution in [3.8, 4) is 0 Å². The molecule has 2 bridgehead atoms. The normalized spacial score (nSPS) is 38.1. The maximum Gasteiger partial charge on any atom is 0.408 e. The molecule has 19 heavy (non-hydrogen) atoms. The Hall–Kier alpha value is -0.810. The molecule has 0 spiro atoms. The van der Waals surface area contributed by atoms with Crippen molar-refractivity contribution in [1.82, 2.24) is 10.2 Å². The van der Waals surface area contributed by atoms with Crippen LogP contribution in [0.15, 0.2) is 0 Å². The lowest BCUT2D eigenvalue weighted by Gasteiger charge is -2.74. The van der Waals surface area contributed by atoms with Gasteiger partial charge in [-0.2, -0.15) is 0 Å². The standard InChI is InChI=1S/C14H24N2O3/c1-12(2,3)19-11(17)15-13-8-14(9-13,10-13)16-4-6-18-7-5-16/h4-10H2,1-3H3,(H,15,17). The lowest BCUT2D eigenvalue weighted by atomic mass is 9.43. The third kappa shape index (κ3) is 2.34. The number of ether oxygens (including phenoxy) is 2. The van der Waals surface area contributed by atoms with Gasteiger partial charge in [-0.05, 0) is 40.0 Å². The minimum atomic E-state index is -0.421. The number of morpholine rings is 1. The highest BCUT2D eigenvalue weighted by molar-refractivity contribution is 5.70. The second kappa shape index (κ2) is 4.09. The zero-order valence-corrected chi connectivity index (χ0v) is 12.1. The predicted octanol–water partition coefficient (Wildman–Crippen LogP) is 1.52. The molecule has 1 saturated heterocycles. The Morgan fingerprint density at radius 3 is 2.32 bits per heavy atom. The van der Waals surface area contributed by atoms with Crippen LogP contribution in [0.4, 0.5) is 4.79 Å². The van der Waals surface area contributed by atoms with Gasteiger partial charge >= 0.3 is 6.09 Å². The third-order valence-corrected chi connectivity index (χ3v) is 4.45. The molecule has 1 heterocycles. The number of rotatable bonds is 2. The fraction of sp³-hybridized carbons (Fsp3) is 0.929. The van der Waals surface area contributed by atoms with E-state index >= 15 is 0 Å². The summed E-state index contributed by atoms with van der Waals surface area (Å²) in [6, 6.07) is 0. The van der Waals surface area contributed by atoms with Gasteiger partial charge in [-0.1, -0.05) is 0 Å². The molecule has 3 saturated carbocycles. The van der Waals surface area contributed by atoms with Gasteiger partial charge in [-0.25, -0.2) is 4.79 Å². The molecule has 0 atom stereocenters. The van der Waals surface area contributed by atoms with Crippen molar-refractivity contribution < 1.29 is 14.3 Å². The van der Waals surface area contributed by atoms with Crippen molar-refractivity contribution in [3.05, 3.63) is 0 Å². The van der Waals surface area contributed by atoms with Gasteiger partial charge in [0.1, 0.15) is 5.60 Å². The summed E-state index contributed by atoms with van der Waals surface area (Å²) < 4.78 is 10.7. The maximum absolute atomic E-state index is 11.8. The maximum atomic E-state index is 11.8. The van der Waals surface area contributed by atoms with E-state index in [0.717, 1.165) is 45.6 Å².